The number of carbonyl (C=O) groups excluding carboxylic acids is 1. The molecule has 94 valence electrons. The highest BCUT2D eigenvalue weighted by Gasteiger charge is 2.29. The molecule has 0 aromatic rings. The van der Waals surface area contributed by atoms with Crippen molar-refractivity contribution in [2.24, 2.45) is 0 Å². The average molecular weight is 228 g/mol. The Labute approximate surface area is 98.0 Å². The van der Waals surface area contributed by atoms with Gasteiger partial charge >= 0.3 is 0 Å². The van der Waals surface area contributed by atoms with Gasteiger partial charge in [-0.15, -0.1) is 0 Å². The molecule has 16 heavy (non-hydrogen) atoms. The number of nitrogens with zero attached hydrogens (tertiary/aromatic N) is 1. The van der Waals surface area contributed by atoms with Crippen molar-refractivity contribution in [1.82, 2.24) is 10.2 Å². The van der Waals surface area contributed by atoms with Crippen LogP contribution < -0.4 is 5.32 Å². The molecule has 0 heterocycles. The molecule has 1 aliphatic carbocycles. The summed E-state index contributed by atoms with van der Waals surface area (Å²) in [6.07, 6.45) is 4.44. The lowest BCUT2D eigenvalue weighted by atomic mass is 10.2. The van der Waals surface area contributed by atoms with Crippen LogP contribution in [0.15, 0.2) is 0 Å². The van der Waals surface area contributed by atoms with E-state index in [4.69, 9.17) is 5.11 Å². The molecule has 1 fully saturated rings. The van der Waals surface area contributed by atoms with Gasteiger partial charge in [0, 0.05) is 18.6 Å². The fourth-order valence-electron chi connectivity index (χ4n) is 1.97. The Hall–Kier alpha value is -0.610. The summed E-state index contributed by atoms with van der Waals surface area (Å²) in [4.78, 5) is 13.8. The Kier molecular flexibility index (Phi) is 5.77. The summed E-state index contributed by atoms with van der Waals surface area (Å²) in [5.74, 6) is 0.0845. The van der Waals surface area contributed by atoms with Gasteiger partial charge < -0.3 is 10.4 Å². The minimum atomic E-state index is 0.0845. The molecule has 0 unspecified atom stereocenters. The minimum absolute atomic E-state index is 0.0845. The average Bonchev–Trinajstić information content (AvgIpc) is 3.00. The molecule has 1 atom stereocenters. The Morgan fingerprint density at radius 3 is 2.75 bits per heavy atom. The summed E-state index contributed by atoms with van der Waals surface area (Å²) < 4.78 is 0. The molecule has 0 radical (unpaired) electrons. The minimum Gasteiger partial charge on any atom is -0.395 e. The van der Waals surface area contributed by atoms with Gasteiger partial charge in [-0.1, -0.05) is 13.3 Å². The zero-order valence-electron chi connectivity index (χ0n) is 10.4. The van der Waals surface area contributed by atoms with E-state index < -0.39 is 0 Å². The lowest BCUT2D eigenvalue weighted by Gasteiger charge is -2.21. The van der Waals surface area contributed by atoms with Crippen LogP contribution in [0.1, 0.15) is 39.5 Å². The molecule has 0 saturated heterocycles. The van der Waals surface area contributed by atoms with Crippen LogP contribution in [0.5, 0.6) is 0 Å². The van der Waals surface area contributed by atoms with E-state index in [0.717, 1.165) is 25.7 Å². The van der Waals surface area contributed by atoms with E-state index in [-0.39, 0.29) is 18.6 Å². The van der Waals surface area contributed by atoms with Gasteiger partial charge in [0.05, 0.1) is 13.2 Å². The van der Waals surface area contributed by atoms with Crippen LogP contribution in [0.4, 0.5) is 0 Å². The third kappa shape index (κ3) is 4.94. The first-order valence-electron chi connectivity index (χ1n) is 6.31. The highest BCUT2D eigenvalue weighted by molar-refractivity contribution is 5.78. The van der Waals surface area contributed by atoms with E-state index in [1.807, 2.05) is 6.92 Å². The molecule has 1 rings (SSSR count). The molecule has 4 nitrogen and oxygen atoms in total. The summed E-state index contributed by atoms with van der Waals surface area (Å²) in [5, 5.41) is 11.9. The van der Waals surface area contributed by atoms with Crippen molar-refractivity contribution in [3.63, 3.8) is 0 Å². The number of rotatable bonds is 8. The molecule has 1 aliphatic rings. The second-order valence-corrected chi connectivity index (χ2v) is 4.68. The quantitative estimate of drug-likeness (QED) is 0.644. The van der Waals surface area contributed by atoms with E-state index in [2.05, 4.69) is 17.1 Å². The van der Waals surface area contributed by atoms with Gasteiger partial charge in [0.1, 0.15) is 0 Å². The monoisotopic (exact) mass is 228 g/mol. The lowest BCUT2D eigenvalue weighted by Crippen LogP contribution is -2.42. The summed E-state index contributed by atoms with van der Waals surface area (Å²) >= 11 is 0. The fraction of sp³-hybridized carbons (Fsp3) is 0.917. The molecule has 0 aliphatic heterocycles. The molecule has 0 aromatic heterocycles. The predicted octanol–water partition coefficient (Wildman–Crippen LogP) is 0.748. The van der Waals surface area contributed by atoms with Crippen molar-refractivity contribution in [2.45, 2.75) is 51.6 Å². The van der Waals surface area contributed by atoms with Crippen molar-refractivity contribution < 1.29 is 9.90 Å². The lowest BCUT2D eigenvalue weighted by molar-refractivity contribution is -0.123. The number of nitrogens with one attached hydrogen (secondary N) is 1. The van der Waals surface area contributed by atoms with Gasteiger partial charge in [-0.3, -0.25) is 9.69 Å². The number of hydrogen-bond acceptors (Lipinski definition) is 3. The Morgan fingerprint density at radius 2 is 2.25 bits per heavy atom. The van der Waals surface area contributed by atoms with Crippen molar-refractivity contribution in [2.75, 3.05) is 19.7 Å². The maximum Gasteiger partial charge on any atom is 0.234 e. The zero-order valence-corrected chi connectivity index (χ0v) is 10.4. The maximum absolute atomic E-state index is 11.7. The van der Waals surface area contributed by atoms with Gasteiger partial charge in [-0.2, -0.15) is 0 Å². The van der Waals surface area contributed by atoms with Crippen LogP contribution in [-0.4, -0.2) is 47.7 Å². The molecule has 1 amide bonds. The van der Waals surface area contributed by atoms with Crippen LogP contribution in [0.25, 0.3) is 0 Å². The van der Waals surface area contributed by atoms with E-state index in [1.54, 1.807) is 0 Å². The van der Waals surface area contributed by atoms with E-state index in [9.17, 15) is 4.79 Å². The number of aliphatic hydroxyl groups is 1. The number of hydrogen-bond donors (Lipinski definition) is 2. The first-order chi connectivity index (χ1) is 7.67. The summed E-state index contributed by atoms with van der Waals surface area (Å²) in [6, 6.07) is 0.784. The van der Waals surface area contributed by atoms with Crippen LogP contribution in [0.3, 0.4) is 0 Å². The SMILES string of the molecule is CCC[C@@H](C)NC(=O)CN(CCO)C1CC1. The molecule has 4 heteroatoms. The normalized spacial score (nSPS) is 17.5. The number of carbonyl (C=O) groups is 1. The van der Waals surface area contributed by atoms with Crippen molar-refractivity contribution in [3.8, 4) is 0 Å². The predicted molar refractivity (Wildman–Crippen MR) is 64.2 cm³/mol. The third-order valence-corrected chi connectivity index (χ3v) is 2.93. The number of aliphatic hydroxyl groups excluding tert-OH is 1. The smallest absolute Gasteiger partial charge is 0.234 e. The molecule has 0 bridgehead atoms. The van der Waals surface area contributed by atoms with Gasteiger partial charge in [0.25, 0.3) is 0 Å². The molecular weight excluding hydrogens is 204 g/mol. The van der Waals surface area contributed by atoms with Crippen molar-refractivity contribution in [1.29, 1.82) is 0 Å². The van der Waals surface area contributed by atoms with Gasteiger partial charge in [-0.25, -0.2) is 0 Å². The van der Waals surface area contributed by atoms with Crippen molar-refractivity contribution in [3.05, 3.63) is 0 Å². The topological polar surface area (TPSA) is 52.6 Å². The maximum atomic E-state index is 11.7. The Bertz CT molecular complexity index is 217. The van der Waals surface area contributed by atoms with E-state index in [0.29, 0.717) is 19.1 Å². The molecule has 0 spiro atoms. The third-order valence-electron chi connectivity index (χ3n) is 2.93. The second-order valence-electron chi connectivity index (χ2n) is 4.68. The molecule has 2 N–H and O–H groups in total. The van der Waals surface area contributed by atoms with E-state index in [1.165, 1.54) is 0 Å². The van der Waals surface area contributed by atoms with Crippen LogP contribution in [0.2, 0.25) is 0 Å². The zero-order chi connectivity index (χ0) is 12.0. The first-order valence-corrected chi connectivity index (χ1v) is 6.31. The Morgan fingerprint density at radius 1 is 1.56 bits per heavy atom. The second kappa shape index (κ2) is 6.86. The van der Waals surface area contributed by atoms with Gasteiger partial charge in [0.2, 0.25) is 5.91 Å². The van der Waals surface area contributed by atoms with Crippen LogP contribution >= 0.6 is 0 Å². The molecular formula is C12H24N2O2. The Balaban J connectivity index is 2.24. The van der Waals surface area contributed by atoms with Gasteiger partial charge in [0.15, 0.2) is 0 Å². The molecule has 0 aromatic carbocycles. The highest BCUT2D eigenvalue weighted by Crippen LogP contribution is 2.25. The molecule has 1 saturated carbocycles. The summed E-state index contributed by atoms with van der Waals surface area (Å²) in [7, 11) is 0. The number of amides is 1. The summed E-state index contributed by atoms with van der Waals surface area (Å²) in [5.41, 5.74) is 0. The first kappa shape index (κ1) is 13.5. The van der Waals surface area contributed by atoms with Crippen molar-refractivity contribution >= 4 is 5.91 Å². The summed E-state index contributed by atoms with van der Waals surface area (Å²) in [6.45, 7) is 5.33. The standard InChI is InChI=1S/C12H24N2O2/c1-3-4-10(2)13-12(16)9-14(7-8-15)11-5-6-11/h10-11,15H,3-9H2,1-2H3,(H,13,16)/t10-/m1/s1. The van der Waals surface area contributed by atoms with Gasteiger partial charge in [-0.05, 0) is 26.2 Å². The highest BCUT2D eigenvalue weighted by atomic mass is 16.3. The van der Waals surface area contributed by atoms with E-state index >= 15 is 0 Å². The van der Waals surface area contributed by atoms with Crippen LogP contribution in [-0.2, 0) is 4.79 Å². The van der Waals surface area contributed by atoms with Crippen LogP contribution in [0, 0.1) is 0 Å². The fourth-order valence-corrected chi connectivity index (χ4v) is 1.97. The largest absolute Gasteiger partial charge is 0.395 e.